The van der Waals surface area contributed by atoms with Gasteiger partial charge in [-0.1, -0.05) is 13.8 Å². The van der Waals surface area contributed by atoms with Crippen LogP contribution in [-0.4, -0.2) is 89.8 Å². The van der Waals surface area contributed by atoms with Crippen LogP contribution in [0.25, 0.3) is 0 Å². The van der Waals surface area contributed by atoms with Gasteiger partial charge < -0.3 is 18.9 Å². The van der Waals surface area contributed by atoms with Gasteiger partial charge in [-0.2, -0.15) is 0 Å². The molecule has 0 fully saturated rings. The second kappa shape index (κ2) is 18.3. The second-order valence-corrected chi connectivity index (χ2v) is 9.59. The van der Waals surface area contributed by atoms with Crippen LogP contribution in [0.2, 0.25) is 0 Å². The van der Waals surface area contributed by atoms with Crippen LogP contribution in [-0.2, 0) is 23.7 Å². The predicted molar refractivity (Wildman–Crippen MR) is 129 cm³/mol. The van der Waals surface area contributed by atoms with Crippen LogP contribution in [0, 0.1) is 5.92 Å². The summed E-state index contributed by atoms with van der Waals surface area (Å²) in [5, 5.41) is 0. The van der Waals surface area contributed by atoms with Crippen molar-refractivity contribution in [3.63, 3.8) is 0 Å². The van der Waals surface area contributed by atoms with Crippen LogP contribution >= 0.6 is 45.7 Å². The second-order valence-electron chi connectivity index (χ2n) is 7.18. The Morgan fingerprint density at radius 3 is 1.83 bits per heavy atom. The molecule has 0 saturated carbocycles. The Morgan fingerprint density at radius 1 is 0.862 bits per heavy atom. The van der Waals surface area contributed by atoms with Crippen molar-refractivity contribution < 1.29 is 28.1 Å². The Bertz CT molecular complexity index is 422. The summed E-state index contributed by atoms with van der Waals surface area (Å²) in [7, 11) is 0. The van der Waals surface area contributed by atoms with Crippen molar-refractivity contribution in [1.82, 2.24) is 6.23 Å². The quantitative estimate of drug-likeness (QED) is 0.129. The molecule has 7 nitrogen and oxygen atoms in total. The maximum atomic E-state index is 14.2. The maximum Gasteiger partial charge on any atom is 0.233 e. The summed E-state index contributed by atoms with van der Waals surface area (Å²) in [5.74, 6) is -0.236. The Morgan fingerprint density at radius 2 is 1.34 bits per heavy atom. The van der Waals surface area contributed by atoms with E-state index < -0.39 is 12.3 Å². The van der Waals surface area contributed by atoms with Crippen molar-refractivity contribution in [2.75, 3.05) is 59.3 Å². The van der Waals surface area contributed by atoms with Crippen molar-refractivity contribution in [3.05, 3.63) is 0 Å². The molecule has 0 aliphatic rings. The highest BCUT2D eigenvalue weighted by atomic mass is 127. The van der Waals surface area contributed by atoms with Crippen molar-refractivity contribution in [2.45, 2.75) is 52.9 Å². The summed E-state index contributed by atoms with van der Waals surface area (Å²) in [6.45, 7) is 13.8. The fourth-order valence-corrected chi connectivity index (χ4v) is 3.15. The number of halogens is 3. The molecule has 2 unspecified atom stereocenters. The lowest BCUT2D eigenvalue weighted by Gasteiger charge is -2.23. The molecule has 0 N–H and O–H groups in total. The lowest BCUT2D eigenvalue weighted by Crippen LogP contribution is -2.36. The Kier molecular flexibility index (Phi) is 18.7. The molecule has 174 valence electrons. The first-order valence-corrected chi connectivity index (χ1v) is 12.0. The number of amides is 1. The van der Waals surface area contributed by atoms with Gasteiger partial charge in [0.15, 0.2) is 0 Å². The largest absolute Gasteiger partial charge is 0.378 e. The highest BCUT2D eigenvalue weighted by Crippen LogP contribution is 2.13. The monoisotopic (exact) mass is 646 g/mol. The number of alkyl halides is 1. The van der Waals surface area contributed by atoms with Gasteiger partial charge in [-0.25, -0.2) is 7.50 Å². The molecule has 0 saturated heterocycles. The number of hydrogen-bond acceptors (Lipinski definition) is 6. The maximum absolute atomic E-state index is 14.2. The van der Waals surface area contributed by atoms with E-state index in [4.69, 9.17) is 18.9 Å². The highest BCUT2D eigenvalue weighted by molar-refractivity contribution is 14.1. The Labute approximate surface area is 203 Å². The fourth-order valence-electron chi connectivity index (χ4n) is 2.02. The van der Waals surface area contributed by atoms with Crippen molar-refractivity contribution in [3.8, 4) is 0 Å². The van der Waals surface area contributed by atoms with Gasteiger partial charge in [-0.05, 0) is 20.8 Å². The van der Waals surface area contributed by atoms with E-state index in [1.807, 2.05) is 22.9 Å². The minimum Gasteiger partial charge on any atom is -0.378 e. The van der Waals surface area contributed by atoms with Crippen LogP contribution in [0.5, 0.6) is 0 Å². The van der Waals surface area contributed by atoms with Crippen LogP contribution < -0.4 is 0 Å². The van der Waals surface area contributed by atoms with Gasteiger partial charge in [0.05, 0.1) is 81.8 Å². The molecule has 0 rings (SSSR count). The van der Waals surface area contributed by atoms with E-state index >= 15 is 0 Å². The van der Waals surface area contributed by atoms with Crippen LogP contribution in [0.1, 0.15) is 34.6 Å². The zero-order chi connectivity index (χ0) is 22.2. The molecule has 0 heterocycles. The summed E-state index contributed by atoms with van der Waals surface area (Å²) in [5.41, 5.74) is 0. The third-order valence-corrected chi connectivity index (χ3v) is 6.41. The molecular formula is C19H37FI2N2O5. The minimum absolute atomic E-state index is 0.0167. The number of nitrogens with zero attached hydrogens (tertiary/aromatic N) is 2. The van der Waals surface area contributed by atoms with Gasteiger partial charge >= 0.3 is 0 Å². The third-order valence-electron chi connectivity index (χ3n) is 3.94. The molecule has 2 atom stereocenters. The van der Waals surface area contributed by atoms with Gasteiger partial charge in [0.2, 0.25) is 5.91 Å². The number of ether oxygens (including phenoxy) is 4. The van der Waals surface area contributed by atoms with E-state index in [1.54, 1.807) is 20.8 Å². The smallest absolute Gasteiger partial charge is 0.233 e. The third kappa shape index (κ3) is 16.0. The number of hydrogen-bond donors (Lipinski definition) is 0. The van der Waals surface area contributed by atoms with Gasteiger partial charge in [0.25, 0.3) is 0 Å². The zero-order valence-electron chi connectivity index (χ0n) is 18.2. The fraction of sp³-hybridized carbons (Fsp3) is 0.947. The summed E-state index contributed by atoms with van der Waals surface area (Å²) in [6, 6.07) is 0.505. The van der Waals surface area contributed by atoms with E-state index in [0.717, 1.165) is 6.54 Å². The first-order valence-electron chi connectivity index (χ1n) is 10.0. The first-order chi connectivity index (χ1) is 13.7. The summed E-state index contributed by atoms with van der Waals surface area (Å²) in [4.78, 5) is 11.8. The van der Waals surface area contributed by atoms with E-state index in [1.165, 1.54) is 3.11 Å². The normalized spacial score (nSPS) is 14.0. The summed E-state index contributed by atoms with van der Waals surface area (Å²) < 4.78 is 39.5. The molecule has 0 bridgehead atoms. The van der Waals surface area contributed by atoms with Crippen LogP contribution in [0.3, 0.4) is 0 Å². The first kappa shape index (κ1) is 29.7. The molecular weight excluding hydrogens is 609 g/mol. The van der Waals surface area contributed by atoms with E-state index in [9.17, 15) is 9.18 Å². The molecule has 0 spiro atoms. The van der Waals surface area contributed by atoms with Crippen molar-refractivity contribution >= 4 is 51.6 Å². The average Bonchev–Trinajstić information content (AvgIpc) is 2.67. The molecule has 0 aliphatic carbocycles. The molecule has 29 heavy (non-hydrogen) atoms. The summed E-state index contributed by atoms with van der Waals surface area (Å²) in [6.07, 6.45) is -1.84. The van der Waals surface area contributed by atoms with Crippen LogP contribution in [0.15, 0.2) is 0 Å². The number of rotatable bonds is 18. The van der Waals surface area contributed by atoms with E-state index in [-0.39, 0.29) is 18.4 Å². The van der Waals surface area contributed by atoms with Gasteiger partial charge in [-0.15, -0.1) is 0 Å². The summed E-state index contributed by atoms with van der Waals surface area (Å²) >= 11 is 4.15. The molecule has 10 heteroatoms. The molecule has 0 radical (unpaired) electrons. The minimum atomic E-state index is -1.24. The molecule has 1 amide bonds. The Balaban J connectivity index is 3.52. The topological polar surface area (TPSA) is 60.5 Å². The molecule has 0 aromatic rings. The molecule has 0 aromatic heterocycles. The van der Waals surface area contributed by atoms with E-state index in [2.05, 4.69) is 39.8 Å². The average molecular weight is 646 g/mol. The molecule has 0 aromatic carbocycles. The molecule has 0 aliphatic heterocycles. The lowest BCUT2D eigenvalue weighted by atomic mass is 10.2. The predicted octanol–water partition coefficient (Wildman–Crippen LogP) is 3.67. The lowest BCUT2D eigenvalue weighted by molar-refractivity contribution is -0.129. The Hall–Kier alpha value is 0.660. The standard InChI is InChI=1S/C19H37FI2N2O5/c1-15(2)19(25)24(22)14-18(20)17(5)29-13-12-28-11-10-27-9-8-26-7-6-23(21)16(3)4/h15-18H,6-14H2,1-5H3. The van der Waals surface area contributed by atoms with E-state index in [0.29, 0.717) is 52.3 Å². The van der Waals surface area contributed by atoms with Gasteiger partial charge in [0, 0.05) is 41.4 Å². The highest BCUT2D eigenvalue weighted by Gasteiger charge is 2.23. The van der Waals surface area contributed by atoms with Crippen LogP contribution in [0.4, 0.5) is 4.39 Å². The SMILES string of the molecule is CC(C)C(=O)N(I)CC(F)C(C)OCCOCCOCCOCCN(I)C(C)C. The van der Waals surface area contributed by atoms with Crippen molar-refractivity contribution in [2.24, 2.45) is 5.92 Å². The number of carbonyl (C=O) groups is 1. The van der Waals surface area contributed by atoms with Gasteiger partial charge in [-0.3, -0.25) is 7.91 Å². The zero-order valence-corrected chi connectivity index (χ0v) is 22.6. The van der Waals surface area contributed by atoms with Gasteiger partial charge in [0.1, 0.15) is 6.17 Å². The number of carbonyl (C=O) groups excluding carboxylic acids is 1. The van der Waals surface area contributed by atoms with Crippen molar-refractivity contribution in [1.29, 1.82) is 0 Å².